The number of amides is 1. The van der Waals surface area contributed by atoms with Crippen LogP contribution in [0.25, 0.3) is 0 Å². The zero-order valence-electron chi connectivity index (χ0n) is 14.1. The number of rotatable bonds is 4. The summed E-state index contributed by atoms with van der Waals surface area (Å²) in [4.78, 5) is 20.4. The molecule has 128 valence electrons. The molecular weight excluding hydrogens is 316 g/mol. The Morgan fingerprint density at radius 2 is 2.04 bits per heavy atom. The summed E-state index contributed by atoms with van der Waals surface area (Å²) in [5.74, 6) is 0.728. The second kappa shape index (κ2) is 7.77. The number of carbonyl (C=O) groups is 1. The SMILES string of the molecule is COc1cccc(C(C#N)N2CCN(C(=O)c3cccnc3)CC2)c1. The molecule has 1 amide bonds. The van der Waals surface area contributed by atoms with Crippen molar-refractivity contribution >= 4 is 5.91 Å². The third-order valence-corrected chi connectivity index (χ3v) is 4.41. The van der Waals surface area contributed by atoms with Crippen LogP contribution in [0.2, 0.25) is 0 Å². The van der Waals surface area contributed by atoms with E-state index in [-0.39, 0.29) is 11.9 Å². The van der Waals surface area contributed by atoms with Gasteiger partial charge in [-0.05, 0) is 29.8 Å². The van der Waals surface area contributed by atoms with Crippen molar-refractivity contribution in [1.29, 1.82) is 5.26 Å². The number of nitriles is 1. The van der Waals surface area contributed by atoms with Gasteiger partial charge in [0.1, 0.15) is 11.8 Å². The number of piperazine rings is 1. The average Bonchev–Trinajstić information content (AvgIpc) is 2.69. The maximum Gasteiger partial charge on any atom is 0.255 e. The van der Waals surface area contributed by atoms with Crippen molar-refractivity contribution in [3.8, 4) is 11.8 Å². The second-order valence-electron chi connectivity index (χ2n) is 5.88. The minimum absolute atomic E-state index is 0.0114. The average molecular weight is 336 g/mol. The summed E-state index contributed by atoms with van der Waals surface area (Å²) in [6.07, 6.45) is 3.24. The van der Waals surface area contributed by atoms with Gasteiger partial charge in [0.05, 0.1) is 18.7 Å². The molecule has 1 fully saturated rings. The lowest BCUT2D eigenvalue weighted by Crippen LogP contribution is -2.49. The number of hydrogen-bond acceptors (Lipinski definition) is 5. The van der Waals surface area contributed by atoms with Gasteiger partial charge in [-0.15, -0.1) is 0 Å². The van der Waals surface area contributed by atoms with Crippen LogP contribution in [0.1, 0.15) is 22.0 Å². The first-order chi connectivity index (χ1) is 12.2. The van der Waals surface area contributed by atoms with E-state index in [0.717, 1.165) is 11.3 Å². The lowest BCUT2D eigenvalue weighted by molar-refractivity contribution is 0.0606. The van der Waals surface area contributed by atoms with Crippen molar-refractivity contribution < 1.29 is 9.53 Å². The molecule has 1 unspecified atom stereocenters. The predicted octanol–water partition coefficient (Wildman–Crippen LogP) is 2.11. The van der Waals surface area contributed by atoms with Gasteiger partial charge < -0.3 is 9.64 Å². The molecule has 0 N–H and O–H groups in total. The molecule has 1 aliphatic heterocycles. The third-order valence-electron chi connectivity index (χ3n) is 4.41. The van der Waals surface area contributed by atoms with E-state index >= 15 is 0 Å². The molecule has 1 saturated heterocycles. The maximum atomic E-state index is 12.5. The van der Waals surface area contributed by atoms with Crippen molar-refractivity contribution in [2.45, 2.75) is 6.04 Å². The number of nitrogens with zero attached hydrogens (tertiary/aromatic N) is 4. The summed E-state index contributed by atoms with van der Waals surface area (Å²) in [5.41, 5.74) is 1.51. The zero-order chi connectivity index (χ0) is 17.6. The van der Waals surface area contributed by atoms with Gasteiger partial charge in [0.2, 0.25) is 0 Å². The number of ether oxygens (including phenoxy) is 1. The van der Waals surface area contributed by atoms with Crippen LogP contribution < -0.4 is 4.74 Å². The zero-order valence-corrected chi connectivity index (χ0v) is 14.1. The van der Waals surface area contributed by atoms with Gasteiger partial charge in [-0.2, -0.15) is 5.26 Å². The Kier molecular flexibility index (Phi) is 5.26. The van der Waals surface area contributed by atoms with Crippen LogP contribution in [-0.4, -0.2) is 54.0 Å². The molecule has 0 spiro atoms. The van der Waals surface area contributed by atoms with Gasteiger partial charge in [0.15, 0.2) is 0 Å². The van der Waals surface area contributed by atoms with E-state index < -0.39 is 0 Å². The monoisotopic (exact) mass is 336 g/mol. The number of pyridine rings is 1. The van der Waals surface area contributed by atoms with Crippen molar-refractivity contribution in [2.75, 3.05) is 33.3 Å². The summed E-state index contributed by atoms with van der Waals surface area (Å²) in [5, 5.41) is 9.63. The van der Waals surface area contributed by atoms with E-state index in [9.17, 15) is 10.1 Å². The highest BCUT2D eigenvalue weighted by atomic mass is 16.5. The van der Waals surface area contributed by atoms with Crippen LogP contribution in [0, 0.1) is 11.3 Å². The predicted molar refractivity (Wildman–Crippen MR) is 93.1 cm³/mol. The Morgan fingerprint density at radius 1 is 1.24 bits per heavy atom. The molecule has 1 aliphatic rings. The second-order valence-corrected chi connectivity index (χ2v) is 5.88. The molecule has 6 heteroatoms. The smallest absolute Gasteiger partial charge is 0.255 e. The molecule has 3 rings (SSSR count). The van der Waals surface area contributed by atoms with Crippen LogP contribution in [0.5, 0.6) is 5.75 Å². The standard InChI is InChI=1S/C19H20N4O2/c1-25-17-6-2-4-15(12-17)18(13-20)22-8-10-23(11-9-22)19(24)16-5-3-7-21-14-16/h2-7,12,14,18H,8-11H2,1H3. The summed E-state index contributed by atoms with van der Waals surface area (Å²) < 4.78 is 5.25. The number of benzene rings is 1. The molecule has 0 bridgehead atoms. The van der Waals surface area contributed by atoms with Gasteiger partial charge in [-0.25, -0.2) is 0 Å². The number of methoxy groups -OCH3 is 1. The topological polar surface area (TPSA) is 69.5 Å². The Balaban J connectivity index is 1.66. The summed E-state index contributed by atoms with van der Waals surface area (Å²) in [6.45, 7) is 2.49. The van der Waals surface area contributed by atoms with E-state index in [4.69, 9.17) is 4.74 Å². The van der Waals surface area contributed by atoms with Crippen LogP contribution in [0.4, 0.5) is 0 Å². The van der Waals surface area contributed by atoms with Crippen LogP contribution in [0.15, 0.2) is 48.8 Å². The fourth-order valence-corrected chi connectivity index (χ4v) is 3.03. The van der Waals surface area contributed by atoms with Gasteiger partial charge in [0, 0.05) is 38.6 Å². The quantitative estimate of drug-likeness (QED) is 0.855. The minimum Gasteiger partial charge on any atom is -0.497 e. The molecule has 25 heavy (non-hydrogen) atoms. The van der Waals surface area contributed by atoms with E-state index in [1.165, 1.54) is 0 Å². The summed E-state index contributed by atoms with van der Waals surface area (Å²) in [6, 6.07) is 13.1. The first-order valence-electron chi connectivity index (χ1n) is 8.20. The van der Waals surface area contributed by atoms with Crippen LogP contribution >= 0.6 is 0 Å². The van der Waals surface area contributed by atoms with Crippen molar-refractivity contribution in [3.05, 3.63) is 59.9 Å². The fourth-order valence-electron chi connectivity index (χ4n) is 3.03. The molecule has 0 aliphatic carbocycles. The molecule has 2 aromatic rings. The molecule has 0 radical (unpaired) electrons. The largest absolute Gasteiger partial charge is 0.497 e. The Labute approximate surface area is 147 Å². The van der Waals surface area contributed by atoms with Crippen molar-refractivity contribution in [1.82, 2.24) is 14.8 Å². The van der Waals surface area contributed by atoms with E-state index in [1.54, 1.807) is 31.6 Å². The van der Waals surface area contributed by atoms with Gasteiger partial charge in [0.25, 0.3) is 5.91 Å². The molecular formula is C19H20N4O2. The molecule has 0 saturated carbocycles. The minimum atomic E-state index is -0.342. The van der Waals surface area contributed by atoms with Gasteiger partial charge in [-0.1, -0.05) is 12.1 Å². The van der Waals surface area contributed by atoms with E-state index in [2.05, 4.69) is 16.0 Å². The molecule has 2 heterocycles. The Morgan fingerprint density at radius 3 is 2.68 bits per heavy atom. The summed E-state index contributed by atoms with van der Waals surface area (Å²) in [7, 11) is 1.61. The van der Waals surface area contributed by atoms with Crippen molar-refractivity contribution in [2.24, 2.45) is 0 Å². The van der Waals surface area contributed by atoms with Crippen molar-refractivity contribution in [3.63, 3.8) is 0 Å². The van der Waals surface area contributed by atoms with Gasteiger partial charge in [-0.3, -0.25) is 14.7 Å². The third kappa shape index (κ3) is 3.78. The van der Waals surface area contributed by atoms with Crippen LogP contribution in [-0.2, 0) is 0 Å². The molecule has 1 atom stereocenters. The first kappa shape index (κ1) is 16.9. The fraction of sp³-hybridized carbons (Fsp3) is 0.316. The van der Waals surface area contributed by atoms with Crippen LogP contribution in [0.3, 0.4) is 0 Å². The number of hydrogen-bond donors (Lipinski definition) is 0. The maximum absolute atomic E-state index is 12.5. The van der Waals surface area contributed by atoms with Gasteiger partial charge >= 0.3 is 0 Å². The highest BCUT2D eigenvalue weighted by molar-refractivity contribution is 5.93. The highest BCUT2D eigenvalue weighted by Crippen LogP contribution is 2.25. The molecule has 6 nitrogen and oxygen atoms in total. The lowest BCUT2D eigenvalue weighted by atomic mass is 10.0. The highest BCUT2D eigenvalue weighted by Gasteiger charge is 2.27. The van der Waals surface area contributed by atoms with E-state index in [1.807, 2.05) is 29.2 Å². The van der Waals surface area contributed by atoms with E-state index in [0.29, 0.717) is 31.7 Å². The first-order valence-corrected chi connectivity index (χ1v) is 8.20. The lowest BCUT2D eigenvalue weighted by Gasteiger charge is -2.37. The Bertz CT molecular complexity index is 764. The number of carbonyl (C=O) groups excluding carboxylic acids is 1. The normalized spacial score (nSPS) is 16.1. The Hall–Kier alpha value is -2.91. The molecule has 1 aromatic heterocycles. The number of aromatic nitrogens is 1. The summed E-state index contributed by atoms with van der Waals surface area (Å²) >= 11 is 0. The molecule has 1 aromatic carbocycles.